The summed E-state index contributed by atoms with van der Waals surface area (Å²) < 4.78 is 5.30. The van der Waals surface area contributed by atoms with Gasteiger partial charge in [-0.1, -0.05) is 30.3 Å². The van der Waals surface area contributed by atoms with Crippen LogP contribution in [-0.4, -0.2) is 49.0 Å². The first-order valence-electron chi connectivity index (χ1n) is 8.57. The van der Waals surface area contributed by atoms with E-state index >= 15 is 0 Å². The van der Waals surface area contributed by atoms with Crippen molar-refractivity contribution < 1.29 is 9.53 Å². The van der Waals surface area contributed by atoms with Crippen LogP contribution >= 0.6 is 0 Å². The molecule has 5 heteroatoms. The van der Waals surface area contributed by atoms with Crippen molar-refractivity contribution in [2.45, 2.75) is 13.5 Å². The highest BCUT2D eigenvalue weighted by atomic mass is 16.5. The van der Waals surface area contributed by atoms with Gasteiger partial charge in [0.1, 0.15) is 5.75 Å². The molecule has 2 N–H and O–H groups in total. The van der Waals surface area contributed by atoms with E-state index in [-0.39, 0.29) is 5.91 Å². The minimum atomic E-state index is 0.169. The van der Waals surface area contributed by atoms with Crippen LogP contribution in [0.4, 0.5) is 5.69 Å². The largest absolute Gasteiger partial charge is 0.495 e. The van der Waals surface area contributed by atoms with Crippen molar-refractivity contribution in [3.05, 3.63) is 48.0 Å². The molecule has 2 aromatic rings. The summed E-state index contributed by atoms with van der Waals surface area (Å²) in [5.74, 6) is 0.868. The molecule has 0 bridgehead atoms. The van der Waals surface area contributed by atoms with Crippen LogP contribution in [0.3, 0.4) is 0 Å². The number of hydrogen-bond acceptors (Lipinski definition) is 4. The number of rotatable bonds is 4. The molecular weight excluding hydrogens is 314 g/mol. The summed E-state index contributed by atoms with van der Waals surface area (Å²) in [5.41, 5.74) is 10.0. The first-order chi connectivity index (χ1) is 12.1. The average molecular weight is 339 g/mol. The maximum atomic E-state index is 11.4. The van der Waals surface area contributed by atoms with Crippen LogP contribution in [-0.2, 0) is 11.3 Å². The van der Waals surface area contributed by atoms with Crippen LogP contribution in [0.25, 0.3) is 11.1 Å². The van der Waals surface area contributed by atoms with Crippen LogP contribution in [0, 0.1) is 0 Å². The van der Waals surface area contributed by atoms with Crippen molar-refractivity contribution in [3.8, 4) is 16.9 Å². The maximum Gasteiger partial charge on any atom is 0.219 e. The summed E-state index contributed by atoms with van der Waals surface area (Å²) in [7, 11) is 1.63. The molecule has 0 unspecified atom stereocenters. The number of amides is 1. The van der Waals surface area contributed by atoms with Gasteiger partial charge >= 0.3 is 0 Å². The van der Waals surface area contributed by atoms with E-state index in [2.05, 4.69) is 29.2 Å². The Morgan fingerprint density at radius 1 is 1.04 bits per heavy atom. The van der Waals surface area contributed by atoms with Gasteiger partial charge in [0.25, 0.3) is 0 Å². The molecule has 132 valence electrons. The number of hydrogen-bond donors (Lipinski definition) is 1. The molecule has 1 amide bonds. The molecule has 25 heavy (non-hydrogen) atoms. The lowest BCUT2D eigenvalue weighted by atomic mass is 10.0. The van der Waals surface area contributed by atoms with Gasteiger partial charge in [-0.15, -0.1) is 0 Å². The lowest BCUT2D eigenvalue weighted by Gasteiger charge is -2.34. The molecule has 0 aromatic heterocycles. The number of carbonyl (C=O) groups excluding carboxylic acids is 1. The monoisotopic (exact) mass is 339 g/mol. The van der Waals surface area contributed by atoms with Crippen molar-refractivity contribution >= 4 is 11.6 Å². The Hall–Kier alpha value is -2.53. The van der Waals surface area contributed by atoms with Crippen molar-refractivity contribution in [1.29, 1.82) is 0 Å². The second-order valence-electron chi connectivity index (χ2n) is 6.44. The molecule has 2 aromatic carbocycles. The summed E-state index contributed by atoms with van der Waals surface area (Å²) in [6.07, 6.45) is 0. The van der Waals surface area contributed by atoms with Gasteiger partial charge in [0.05, 0.1) is 12.8 Å². The number of ether oxygens (including phenoxy) is 1. The van der Waals surface area contributed by atoms with Crippen LogP contribution in [0.5, 0.6) is 5.75 Å². The zero-order valence-corrected chi connectivity index (χ0v) is 14.9. The van der Waals surface area contributed by atoms with Gasteiger partial charge < -0.3 is 15.4 Å². The Kier molecular flexibility index (Phi) is 5.24. The van der Waals surface area contributed by atoms with Gasteiger partial charge in [-0.2, -0.15) is 0 Å². The number of carbonyl (C=O) groups is 1. The third-order valence-electron chi connectivity index (χ3n) is 4.74. The van der Waals surface area contributed by atoms with E-state index in [1.54, 1.807) is 14.0 Å². The summed E-state index contributed by atoms with van der Waals surface area (Å²) in [4.78, 5) is 15.7. The number of nitrogens with two attached hydrogens (primary N) is 1. The van der Waals surface area contributed by atoms with Crippen LogP contribution in [0.2, 0.25) is 0 Å². The third-order valence-corrected chi connectivity index (χ3v) is 4.74. The Morgan fingerprint density at radius 3 is 2.28 bits per heavy atom. The van der Waals surface area contributed by atoms with Gasteiger partial charge in [-0.05, 0) is 28.8 Å². The fourth-order valence-electron chi connectivity index (χ4n) is 3.17. The van der Waals surface area contributed by atoms with Crippen molar-refractivity contribution in [1.82, 2.24) is 9.80 Å². The van der Waals surface area contributed by atoms with Crippen LogP contribution in [0.1, 0.15) is 12.5 Å². The normalized spacial score (nSPS) is 15.2. The smallest absolute Gasteiger partial charge is 0.219 e. The molecular formula is C20H25N3O2. The molecule has 0 atom stereocenters. The average Bonchev–Trinajstić information content (AvgIpc) is 2.63. The van der Waals surface area contributed by atoms with E-state index in [1.165, 1.54) is 5.56 Å². The molecule has 0 radical (unpaired) electrons. The van der Waals surface area contributed by atoms with Crippen molar-refractivity contribution in [2.24, 2.45) is 0 Å². The summed E-state index contributed by atoms with van der Waals surface area (Å²) >= 11 is 0. The fraction of sp³-hybridized carbons (Fsp3) is 0.350. The van der Waals surface area contributed by atoms with E-state index in [0.717, 1.165) is 43.9 Å². The van der Waals surface area contributed by atoms with E-state index < -0.39 is 0 Å². The predicted molar refractivity (Wildman–Crippen MR) is 100 cm³/mol. The van der Waals surface area contributed by atoms with Gasteiger partial charge in [0, 0.05) is 39.6 Å². The summed E-state index contributed by atoms with van der Waals surface area (Å²) in [5, 5.41) is 0. The number of piperazine rings is 1. The quantitative estimate of drug-likeness (QED) is 0.870. The first-order valence-corrected chi connectivity index (χ1v) is 8.57. The molecule has 0 aliphatic carbocycles. The zero-order chi connectivity index (χ0) is 17.8. The summed E-state index contributed by atoms with van der Waals surface area (Å²) in [6, 6.07) is 14.4. The van der Waals surface area contributed by atoms with Crippen LogP contribution < -0.4 is 10.5 Å². The number of benzene rings is 2. The van der Waals surface area contributed by atoms with E-state index in [0.29, 0.717) is 11.4 Å². The molecule has 3 rings (SSSR count). The molecule has 1 saturated heterocycles. The minimum Gasteiger partial charge on any atom is -0.495 e. The van der Waals surface area contributed by atoms with Gasteiger partial charge in [0.15, 0.2) is 0 Å². The molecule has 5 nitrogen and oxygen atoms in total. The maximum absolute atomic E-state index is 11.4. The topological polar surface area (TPSA) is 58.8 Å². The Labute approximate surface area is 149 Å². The zero-order valence-electron chi connectivity index (χ0n) is 14.9. The second-order valence-corrected chi connectivity index (χ2v) is 6.44. The molecule has 1 fully saturated rings. The van der Waals surface area contributed by atoms with E-state index in [9.17, 15) is 4.79 Å². The molecule has 0 spiro atoms. The van der Waals surface area contributed by atoms with Crippen molar-refractivity contribution in [2.75, 3.05) is 39.0 Å². The highest BCUT2D eigenvalue weighted by Crippen LogP contribution is 2.29. The fourth-order valence-corrected chi connectivity index (χ4v) is 3.17. The lowest BCUT2D eigenvalue weighted by molar-refractivity contribution is -0.130. The first kappa shape index (κ1) is 17.3. The SMILES string of the molecule is COc1cc(-c2ccc(CN3CCN(C(C)=O)CC3)cc2)ccc1N. The standard InChI is InChI=1S/C20H25N3O2/c1-15(24)23-11-9-22(10-12-23)14-16-3-5-17(6-4-16)18-7-8-19(21)20(13-18)25-2/h3-8,13H,9-12,14,21H2,1-2H3. The van der Waals surface area contributed by atoms with Gasteiger partial charge in [-0.3, -0.25) is 9.69 Å². The Morgan fingerprint density at radius 2 is 1.68 bits per heavy atom. The number of anilines is 1. The summed E-state index contributed by atoms with van der Waals surface area (Å²) in [6.45, 7) is 6.04. The number of methoxy groups -OCH3 is 1. The molecule has 0 saturated carbocycles. The lowest BCUT2D eigenvalue weighted by Crippen LogP contribution is -2.47. The van der Waals surface area contributed by atoms with Crippen LogP contribution in [0.15, 0.2) is 42.5 Å². The molecule has 1 aliphatic rings. The third kappa shape index (κ3) is 4.12. The number of nitrogen functional groups attached to an aromatic ring is 1. The second kappa shape index (κ2) is 7.57. The van der Waals surface area contributed by atoms with Gasteiger partial charge in [-0.25, -0.2) is 0 Å². The molecule has 1 aliphatic heterocycles. The Bertz CT molecular complexity index is 735. The van der Waals surface area contributed by atoms with Gasteiger partial charge in [0.2, 0.25) is 5.91 Å². The van der Waals surface area contributed by atoms with Crippen molar-refractivity contribution in [3.63, 3.8) is 0 Å². The van der Waals surface area contributed by atoms with E-state index in [1.807, 2.05) is 23.1 Å². The molecule has 1 heterocycles. The Balaban J connectivity index is 1.64. The predicted octanol–water partition coefficient (Wildman–Crippen LogP) is 2.61. The number of nitrogens with zero attached hydrogens (tertiary/aromatic N) is 2. The van der Waals surface area contributed by atoms with E-state index in [4.69, 9.17) is 10.5 Å². The highest BCUT2D eigenvalue weighted by Gasteiger charge is 2.18. The minimum absolute atomic E-state index is 0.169. The highest BCUT2D eigenvalue weighted by molar-refractivity contribution is 5.73.